The zero-order valence-electron chi connectivity index (χ0n) is 9.97. The molecule has 0 aliphatic heterocycles. The van der Waals surface area contributed by atoms with Crippen LogP contribution in [0, 0.1) is 0 Å². The average Bonchev–Trinajstić information content (AvgIpc) is 2.14. The first-order valence-corrected chi connectivity index (χ1v) is 5.38. The molecule has 17 heavy (non-hydrogen) atoms. The number of ether oxygens (including phenoxy) is 2. The van der Waals surface area contributed by atoms with Gasteiger partial charge < -0.3 is 14.8 Å². The Morgan fingerprint density at radius 2 is 2.06 bits per heavy atom. The molecule has 0 aromatic carbocycles. The van der Waals surface area contributed by atoms with Crippen molar-refractivity contribution in [2.75, 3.05) is 26.4 Å². The number of hydrogen-bond acceptors (Lipinski definition) is 4. The highest BCUT2D eigenvalue weighted by molar-refractivity contribution is 5.70. The van der Waals surface area contributed by atoms with Gasteiger partial charge in [-0.25, -0.2) is 4.79 Å². The first kappa shape index (κ1) is 16.2. The number of nitrogens with one attached hydrogen (secondary N) is 1. The standard InChI is InChI=1S/C10H18F3NO3/c1-3-17-9(15)7-16-5-4-14-8(2)6-10(11,12)13/h8,14H,3-7H2,1-2H3. The van der Waals surface area contributed by atoms with E-state index in [1.165, 1.54) is 6.92 Å². The number of rotatable bonds is 8. The fourth-order valence-corrected chi connectivity index (χ4v) is 1.16. The Balaban J connectivity index is 3.42. The minimum atomic E-state index is -4.17. The monoisotopic (exact) mass is 257 g/mol. The molecule has 1 N–H and O–H groups in total. The average molecular weight is 257 g/mol. The Morgan fingerprint density at radius 1 is 1.41 bits per heavy atom. The van der Waals surface area contributed by atoms with E-state index in [1.807, 2.05) is 0 Å². The van der Waals surface area contributed by atoms with Crippen LogP contribution in [-0.4, -0.2) is 44.6 Å². The second-order valence-corrected chi connectivity index (χ2v) is 3.53. The third-order valence-corrected chi connectivity index (χ3v) is 1.80. The Morgan fingerprint density at radius 3 is 2.59 bits per heavy atom. The summed E-state index contributed by atoms with van der Waals surface area (Å²) in [6, 6.07) is -0.666. The lowest BCUT2D eigenvalue weighted by Gasteiger charge is -2.15. The topological polar surface area (TPSA) is 47.6 Å². The molecule has 7 heteroatoms. The molecular formula is C10H18F3NO3. The van der Waals surface area contributed by atoms with Crippen LogP contribution in [0.25, 0.3) is 0 Å². The summed E-state index contributed by atoms with van der Waals surface area (Å²) in [4.78, 5) is 10.8. The summed E-state index contributed by atoms with van der Waals surface area (Å²) in [6.45, 7) is 3.65. The van der Waals surface area contributed by atoms with Gasteiger partial charge in [0.05, 0.1) is 19.6 Å². The van der Waals surface area contributed by atoms with E-state index in [4.69, 9.17) is 4.74 Å². The van der Waals surface area contributed by atoms with Gasteiger partial charge in [-0.3, -0.25) is 0 Å². The van der Waals surface area contributed by atoms with Crippen molar-refractivity contribution in [1.29, 1.82) is 0 Å². The van der Waals surface area contributed by atoms with Crippen LogP contribution in [0.1, 0.15) is 20.3 Å². The van der Waals surface area contributed by atoms with Crippen LogP contribution in [-0.2, 0) is 14.3 Å². The summed E-state index contributed by atoms with van der Waals surface area (Å²) in [5.41, 5.74) is 0. The zero-order chi connectivity index (χ0) is 13.3. The maximum atomic E-state index is 11.9. The first-order valence-electron chi connectivity index (χ1n) is 5.38. The van der Waals surface area contributed by atoms with Crippen LogP contribution in [0.3, 0.4) is 0 Å². The van der Waals surface area contributed by atoms with Crippen LogP contribution < -0.4 is 5.32 Å². The van der Waals surface area contributed by atoms with Gasteiger partial charge in [0.25, 0.3) is 0 Å². The van der Waals surface area contributed by atoms with Crippen molar-refractivity contribution in [3.8, 4) is 0 Å². The molecule has 0 radical (unpaired) electrons. The van der Waals surface area contributed by atoms with Crippen LogP contribution >= 0.6 is 0 Å². The summed E-state index contributed by atoms with van der Waals surface area (Å²) in [5, 5.41) is 2.65. The Bertz CT molecular complexity index is 221. The summed E-state index contributed by atoms with van der Waals surface area (Å²) in [5.74, 6) is -0.476. The van der Waals surface area contributed by atoms with Gasteiger partial charge in [0.15, 0.2) is 0 Å². The third kappa shape index (κ3) is 11.4. The van der Waals surface area contributed by atoms with Gasteiger partial charge in [0, 0.05) is 12.6 Å². The second kappa shape index (κ2) is 8.30. The SMILES string of the molecule is CCOC(=O)COCCNC(C)CC(F)(F)F. The fourth-order valence-electron chi connectivity index (χ4n) is 1.16. The van der Waals surface area contributed by atoms with E-state index in [1.54, 1.807) is 6.92 Å². The molecule has 1 atom stereocenters. The molecule has 0 saturated heterocycles. The van der Waals surface area contributed by atoms with Crippen molar-refractivity contribution in [2.24, 2.45) is 0 Å². The lowest BCUT2D eigenvalue weighted by Crippen LogP contribution is -2.33. The Labute approximate surface area is 98.5 Å². The molecule has 0 aliphatic carbocycles. The number of carbonyl (C=O) groups is 1. The van der Waals surface area contributed by atoms with Gasteiger partial charge in [-0.15, -0.1) is 0 Å². The largest absolute Gasteiger partial charge is 0.464 e. The van der Waals surface area contributed by atoms with E-state index in [2.05, 4.69) is 10.1 Å². The second-order valence-electron chi connectivity index (χ2n) is 3.53. The van der Waals surface area contributed by atoms with E-state index in [-0.39, 0.29) is 26.4 Å². The maximum Gasteiger partial charge on any atom is 0.390 e. The van der Waals surface area contributed by atoms with E-state index in [9.17, 15) is 18.0 Å². The lowest BCUT2D eigenvalue weighted by atomic mass is 10.2. The predicted octanol–water partition coefficient (Wildman–Crippen LogP) is 1.50. The molecule has 0 heterocycles. The van der Waals surface area contributed by atoms with Crippen molar-refractivity contribution in [1.82, 2.24) is 5.32 Å². The highest BCUT2D eigenvalue weighted by Gasteiger charge is 2.29. The van der Waals surface area contributed by atoms with E-state index < -0.39 is 24.6 Å². The van der Waals surface area contributed by atoms with E-state index >= 15 is 0 Å². The molecule has 0 bridgehead atoms. The number of esters is 1. The van der Waals surface area contributed by atoms with Crippen molar-refractivity contribution in [3.63, 3.8) is 0 Å². The highest BCUT2D eigenvalue weighted by Crippen LogP contribution is 2.20. The van der Waals surface area contributed by atoms with E-state index in [0.29, 0.717) is 0 Å². The van der Waals surface area contributed by atoms with Crippen LogP contribution in [0.5, 0.6) is 0 Å². The van der Waals surface area contributed by atoms with Gasteiger partial charge >= 0.3 is 12.1 Å². The molecule has 1 unspecified atom stereocenters. The molecule has 0 aromatic rings. The van der Waals surface area contributed by atoms with Crippen molar-refractivity contribution < 1.29 is 27.4 Å². The Hall–Kier alpha value is -0.820. The molecule has 102 valence electrons. The summed E-state index contributed by atoms with van der Waals surface area (Å²) >= 11 is 0. The van der Waals surface area contributed by atoms with Gasteiger partial charge in [0.1, 0.15) is 6.61 Å². The first-order chi connectivity index (χ1) is 7.85. The predicted molar refractivity (Wildman–Crippen MR) is 55.6 cm³/mol. The molecule has 0 rings (SSSR count). The molecule has 4 nitrogen and oxygen atoms in total. The number of alkyl halides is 3. The van der Waals surface area contributed by atoms with Crippen LogP contribution in [0.15, 0.2) is 0 Å². The maximum absolute atomic E-state index is 11.9. The molecule has 0 spiro atoms. The normalized spacial score (nSPS) is 13.5. The minimum absolute atomic E-state index is 0.168. The van der Waals surface area contributed by atoms with Crippen LogP contribution in [0.4, 0.5) is 13.2 Å². The molecular weight excluding hydrogens is 239 g/mol. The minimum Gasteiger partial charge on any atom is -0.464 e. The summed E-state index contributed by atoms with van der Waals surface area (Å²) in [7, 11) is 0. The van der Waals surface area contributed by atoms with Gasteiger partial charge in [0.2, 0.25) is 0 Å². The van der Waals surface area contributed by atoms with Gasteiger partial charge in [-0.05, 0) is 13.8 Å². The highest BCUT2D eigenvalue weighted by atomic mass is 19.4. The van der Waals surface area contributed by atoms with Crippen molar-refractivity contribution in [2.45, 2.75) is 32.5 Å². The molecule has 0 fully saturated rings. The van der Waals surface area contributed by atoms with Crippen molar-refractivity contribution >= 4 is 5.97 Å². The van der Waals surface area contributed by atoms with Gasteiger partial charge in [-0.2, -0.15) is 13.2 Å². The number of carbonyl (C=O) groups excluding carboxylic acids is 1. The van der Waals surface area contributed by atoms with E-state index in [0.717, 1.165) is 0 Å². The zero-order valence-corrected chi connectivity index (χ0v) is 9.97. The fraction of sp³-hybridized carbons (Fsp3) is 0.900. The van der Waals surface area contributed by atoms with Gasteiger partial charge in [-0.1, -0.05) is 0 Å². The molecule has 0 saturated carbocycles. The number of halogens is 3. The summed E-state index contributed by atoms with van der Waals surface area (Å²) in [6.07, 6.45) is -5.05. The smallest absolute Gasteiger partial charge is 0.390 e. The molecule has 0 aliphatic rings. The quantitative estimate of drug-likeness (QED) is 0.529. The van der Waals surface area contributed by atoms with Crippen LogP contribution in [0.2, 0.25) is 0 Å². The number of hydrogen-bond donors (Lipinski definition) is 1. The van der Waals surface area contributed by atoms with Crippen molar-refractivity contribution in [3.05, 3.63) is 0 Å². The third-order valence-electron chi connectivity index (χ3n) is 1.80. The molecule has 0 amide bonds. The Kier molecular flexibility index (Phi) is 7.90. The summed E-state index contributed by atoms with van der Waals surface area (Å²) < 4.78 is 45.3. The molecule has 0 aromatic heterocycles. The lowest BCUT2D eigenvalue weighted by molar-refractivity contribution is -0.148.